The lowest BCUT2D eigenvalue weighted by molar-refractivity contribution is 0.0635. The molecule has 0 spiro atoms. The Kier molecular flexibility index (Phi) is 4.55. The van der Waals surface area contributed by atoms with Gasteiger partial charge in [-0.3, -0.25) is 4.90 Å². The maximum Gasteiger partial charge on any atom is 0.126 e. The van der Waals surface area contributed by atoms with E-state index in [-0.39, 0.29) is 11.9 Å². The highest BCUT2D eigenvalue weighted by Gasteiger charge is 2.28. The van der Waals surface area contributed by atoms with E-state index in [1.54, 1.807) is 13.0 Å². The number of nitrogens with zero attached hydrogens (tertiary/aromatic N) is 2. The Bertz CT molecular complexity index is 435. The van der Waals surface area contributed by atoms with E-state index in [2.05, 4.69) is 23.8 Å². The standard InChI is InChI=1S/C15H24FN3/c1-11-8-13(4-5-14(11)16)15(9-17)19-7-6-18(3)10-12(19)2/h4-5,8,12,15H,6-7,9-10,17H2,1-3H3. The monoisotopic (exact) mass is 265 g/mol. The minimum Gasteiger partial charge on any atom is -0.329 e. The van der Waals surface area contributed by atoms with Gasteiger partial charge in [-0.15, -0.1) is 0 Å². The molecule has 1 aromatic carbocycles. The molecule has 3 nitrogen and oxygen atoms in total. The van der Waals surface area contributed by atoms with Crippen LogP contribution in [0.4, 0.5) is 4.39 Å². The second kappa shape index (κ2) is 5.99. The summed E-state index contributed by atoms with van der Waals surface area (Å²) in [5, 5.41) is 0. The number of hydrogen-bond donors (Lipinski definition) is 1. The number of piperazine rings is 1. The molecule has 2 rings (SSSR count). The number of hydrogen-bond acceptors (Lipinski definition) is 3. The molecule has 0 amide bonds. The first kappa shape index (κ1) is 14.4. The van der Waals surface area contributed by atoms with Crippen molar-refractivity contribution in [3.05, 3.63) is 35.1 Å². The Morgan fingerprint density at radius 1 is 1.42 bits per heavy atom. The van der Waals surface area contributed by atoms with E-state index < -0.39 is 0 Å². The third-order valence-electron chi connectivity index (χ3n) is 4.07. The third-order valence-corrected chi connectivity index (χ3v) is 4.07. The van der Waals surface area contributed by atoms with Crippen LogP contribution in [0, 0.1) is 12.7 Å². The van der Waals surface area contributed by atoms with E-state index in [9.17, 15) is 4.39 Å². The van der Waals surface area contributed by atoms with Crippen LogP contribution in [-0.4, -0.2) is 49.1 Å². The molecule has 0 aliphatic carbocycles. The highest BCUT2D eigenvalue weighted by Crippen LogP contribution is 2.25. The molecule has 19 heavy (non-hydrogen) atoms. The fourth-order valence-corrected chi connectivity index (χ4v) is 2.95. The van der Waals surface area contributed by atoms with Gasteiger partial charge in [0.05, 0.1) is 0 Å². The second-order valence-electron chi connectivity index (χ2n) is 5.61. The molecular formula is C15H24FN3. The fraction of sp³-hybridized carbons (Fsp3) is 0.600. The smallest absolute Gasteiger partial charge is 0.126 e. The van der Waals surface area contributed by atoms with Crippen LogP contribution in [-0.2, 0) is 0 Å². The summed E-state index contributed by atoms with van der Waals surface area (Å²) in [4.78, 5) is 4.78. The zero-order valence-electron chi connectivity index (χ0n) is 12.1. The molecule has 1 heterocycles. The predicted octanol–water partition coefficient (Wildman–Crippen LogP) is 1.77. The highest BCUT2D eigenvalue weighted by atomic mass is 19.1. The average molecular weight is 265 g/mol. The molecule has 2 unspecified atom stereocenters. The van der Waals surface area contributed by atoms with Crippen LogP contribution in [0.5, 0.6) is 0 Å². The summed E-state index contributed by atoms with van der Waals surface area (Å²) in [6.07, 6.45) is 0. The summed E-state index contributed by atoms with van der Waals surface area (Å²) in [6.45, 7) is 7.72. The third kappa shape index (κ3) is 3.14. The largest absolute Gasteiger partial charge is 0.329 e. The lowest BCUT2D eigenvalue weighted by Gasteiger charge is -2.42. The Morgan fingerprint density at radius 2 is 2.16 bits per heavy atom. The molecule has 0 bridgehead atoms. The minimum absolute atomic E-state index is 0.147. The van der Waals surface area contributed by atoms with Crippen LogP contribution in [0.15, 0.2) is 18.2 Å². The van der Waals surface area contributed by atoms with Crippen LogP contribution in [0.25, 0.3) is 0 Å². The summed E-state index contributed by atoms with van der Waals surface area (Å²) < 4.78 is 13.4. The van der Waals surface area contributed by atoms with E-state index in [1.165, 1.54) is 0 Å². The van der Waals surface area contributed by atoms with Crippen LogP contribution in [0.1, 0.15) is 24.1 Å². The molecule has 0 aromatic heterocycles. The highest BCUT2D eigenvalue weighted by molar-refractivity contribution is 5.27. The fourth-order valence-electron chi connectivity index (χ4n) is 2.95. The second-order valence-corrected chi connectivity index (χ2v) is 5.61. The summed E-state index contributed by atoms with van der Waals surface area (Å²) in [5.41, 5.74) is 7.79. The molecule has 2 atom stereocenters. The quantitative estimate of drug-likeness (QED) is 0.904. The molecule has 1 aliphatic heterocycles. The number of aryl methyl sites for hydroxylation is 1. The molecule has 1 aromatic rings. The molecule has 1 saturated heterocycles. The predicted molar refractivity (Wildman–Crippen MR) is 76.6 cm³/mol. The first-order chi connectivity index (χ1) is 9.02. The van der Waals surface area contributed by atoms with Crippen molar-refractivity contribution in [3.8, 4) is 0 Å². The molecule has 0 saturated carbocycles. The van der Waals surface area contributed by atoms with Crippen molar-refractivity contribution >= 4 is 0 Å². The zero-order valence-corrected chi connectivity index (χ0v) is 12.1. The summed E-state index contributed by atoms with van der Waals surface area (Å²) in [6, 6.07) is 6.00. The molecule has 106 valence electrons. The van der Waals surface area contributed by atoms with Gasteiger partial charge in [0, 0.05) is 38.3 Å². The van der Waals surface area contributed by atoms with Gasteiger partial charge in [0.15, 0.2) is 0 Å². The molecule has 4 heteroatoms. The number of benzene rings is 1. The van der Waals surface area contributed by atoms with E-state index in [4.69, 9.17) is 5.73 Å². The number of likely N-dealkylation sites (N-methyl/N-ethyl adjacent to an activating group) is 1. The van der Waals surface area contributed by atoms with Crippen molar-refractivity contribution in [2.75, 3.05) is 33.2 Å². The molecule has 1 fully saturated rings. The van der Waals surface area contributed by atoms with E-state index in [0.717, 1.165) is 25.2 Å². The average Bonchev–Trinajstić information content (AvgIpc) is 2.37. The Balaban J connectivity index is 2.21. The van der Waals surface area contributed by atoms with Gasteiger partial charge in [-0.05, 0) is 38.1 Å². The van der Waals surface area contributed by atoms with Gasteiger partial charge in [0.1, 0.15) is 5.82 Å². The van der Waals surface area contributed by atoms with Gasteiger partial charge in [0.2, 0.25) is 0 Å². The number of rotatable bonds is 3. The first-order valence-corrected chi connectivity index (χ1v) is 6.93. The van der Waals surface area contributed by atoms with Gasteiger partial charge in [0.25, 0.3) is 0 Å². The Labute approximate surface area is 115 Å². The molecular weight excluding hydrogens is 241 g/mol. The van der Waals surface area contributed by atoms with Gasteiger partial charge in [-0.2, -0.15) is 0 Å². The van der Waals surface area contributed by atoms with Crippen molar-refractivity contribution in [2.45, 2.75) is 25.9 Å². The molecule has 2 N–H and O–H groups in total. The van der Waals surface area contributed by atoms with E-state index in [0.29, 0.717) is 18.2 Å². The molecule has 1 aliphatic rings. The minimum atomic E-state index is -0.147. The van der Waals surface area contributed by atoms with Crippen molar-refractivity contribution in [1.29, 1.82) is 0 Å². The summed E-state index contributed by atoms with van der Waals surface area (Å²) in [5.74, 6) is -0.147. The van der Waals surface area contributed by atoms with Crippen molar-refractivity contribution in [1.82, 2.24) is 9.80 Å². The van der Waals surface area contributed by atoms with Crippen LogP contribution in [0.2, 0.25) is 0 Å². The van der Waals surface area contributed by atoms with Gasteiger partial charge in [-0.1, -0.05) is 12.1 Å². The lowest BCUT2D eigenvalue weighted by Crippen LogP contribution is -2.52. The van der Waals surface area contributed by atoms with Gasteiger partial charge < -0.3 is 10.6 Å². The summed E-state index contributed by atoms with van der Waals surface area (Å²) in [7, 11) is 2.15. The van der Waals surface area contributed by atoms with Gasteiger partial charge >= 0.3 is 0 Å². The maximum absolute atomic E-state index is 13.4. The Morgan fingerprint density at radius 3 is 2.74 bits per heavy atom. The van der Waals surface area contributed by atoms with Crippen LogP contribution in [0.3, 0.4) is 0 Å². The van der Waals surface area contributed by atoms with Crippen LogP contribution >= 0.6 is 0 Å². The van der Waals surface area contributed by atoms with E-state index >= 15 is 0 Å². The van der Waals surface area contributed by atoms with E-state index in [1.807, 2.05) is 12.1 Å². The summed E-state index contributed by atoms with van der Waals surface area (Å²) >= 11 is 0. The van der Waals surface area contributed by atoms with Crippen molar-refractivity contribution < 1.29 is 4.39 Å². The maximum atomic E-state index is 13.4. The van der Waals surface area contributed by atoms with Crippen molar-refractivity contribution in [2.24, 2.45) is 5.73 Å². The topological polar surface area (TPSA) is 32.5 Å². The van der Waals surface area contributed by atoms with Gasteiger partial charge in [-0.25, -0.2) is 4.39 Å². The SMILES string of the molecule is Cc1cc(C(CN)N2CCN(C)CC2C)ccc1F. The van der Waals surface area contributed by atoms with Crippen LogP contribution < -0.4 is 5.73 Å². The number of halogens is 1. The molecule has 0 radical (unpaired) electrons. The Hall–Kier alpha value is -0.970. The van der Waals surface area contributed by atoms with Crippen molar-refractivity contribution in [3.63, 3.8) is 0 Å². The zero-order chi connectivity index (χ0) is 14.0. The normalized spacial score (nSPS) is 23.5. The number of nitrogens with two attached hydrogens (primary N) is 1. The lowest BCUT2D eigenvalue weighted by atomic mass is 10.00. The first-order valence-electron chi connectivity index (χ1n) is 6.93.